The van der Waals surface area contributed by atoms with Gasteiger partial charge in [-0.3, -0.25) is 4.79 Å². The molecule has 0 spiro atoms. The topological polar surface area (TPSA) is 83.8 Å². The van der Waals surface area contributed by atoms with Gasteiger partial charge in [0, 0.05) is 0 Å². The van der Waals surface area contributed by atoms with Crippen LogP contribution in [0.25, 0.3) is 0 Å². The highest BCUT2D eigenvalue weighted by atomic mass is 16.5. The van der Waals surface area contributed by atoms with Gasteiger partial charge in [-0.05, 0) is 23.8 Å². The molecular formula is C10H10O5. The van der Waals surface area contributed by atoms with Crippen molar-refractivity contribution in [3.05, 3.63) is 29.3 Å². The Morgan fingerprint density at radius 2 is 1.93 bits per heavy atom. The maximum absolute atomic E-state index is 10.7. The number of aliphatic carboxylic acids is 1. The van der Waals surface area contributed by atoms with Crippen LogP contribution in [0.15, 0.2) is 18.2 Å². The molecular weight excluding hydrogens is 200 g/mol. The summed E-state index contributed by atoms with van der Waals surface area (Å²) in [6.45, 7) is 0. The Hall–Kier alpha value is -2.04. The summed E-state index contributed by atoms with van der Waals surface area (Å²) < 4.78 is 4.87. The van der Waals surface area contributed by atoms with Crippen LogP contribution < -0.4 is 4.74 Å². The molecule has 1 rings (SSSR count). The summed E-state index contributed by atoms with van der Waals surface area (Å²) >= 11 is 0. The summed E-state index contributed by atoms with van der Waals surface area (Å²) in [7, 11) is 1.39. The molecule has 2 N–H and O–H groups in total. The van der Waals surface area contributed by atoms with Crippen molar-refractivity contribution < 1.29 is 24.5 Å². The Bertz CT molecular complexity index is 397. The molecule has 0 aliphatic heterocycles. The van der Waals surface area contributed by atoms with Gasteiger partial charge < -0.3 is 14.9 Å². The van der Waals surface area contributed by atoms with Crippen molar-refractivity contribution in [1.82, 2.24) is 0 Å². The third-order valence-corrected chi connectivity index (χ3v) is 1.80. The zero-order valence-electron chi connectivity index (χ0n) is 8.06. The molecule has 1 aromatic rings. The van der Waals surface area contributed by atoms with E-state index < -0.39 is 11.9 Å². The van der Waals surface area contributed by atoms with Crippen molar-refractivity contribution >= 4 is 11.9 Å². The highest BCUT2D eigenvalue weighted by Crippen LogP contribution is 2.17. The maximum Gasteiger partial charge on any atom is 0.335 e. The molecule has 0 aliphatic carbocycles. The Morgan fingerprint density at radius 1 is 1.27 bits per heavy atom. The Labute approximate surface area is 85.9 Å². The average Bonchev–Trinajstić information content (AvgIpc) is 2.16. The quantitative estimate of drug-likeness (QED) is 0.775. The molecule has 5 nitrogen and oxygen atoms in total. The fraction of sp³-hybridized carbons (Fsp3) is 0.200. The minimum Gasteiger partial charge on any atom is -0.497 e. The van der Waals surface area contributed by atoms with Crippen LogP contribution in [0.3, 0.4) is 0 Å². The predicted octanol–water partition coefficient (Wildman–Crippen LogP) is 1.02. The molecule has 0 saturated carbocycles. The molecule has 0 bridgehead atoms. The van der Waals surface area contributed by atoms with Gasteiger partial charge in [-0.15, -0.1) is 0 Å². The number of methoxy groups -OCH3 is 1. The molecule has 0 radical (unpaired) electrons. The van der Waals surface area contributed by atoms with E-state index in [-0.39, 0.29) is 12.0 Å². The highest BCUT2D eigenvalue weighted by Gasteiger charge is 2.09. The molecule has 5 heteroatoms. The number of benzene rings is 1. The van der Waals surface area contributed by atoms with E-state index in [1.807, 2.05) is 0 Å². The minimum absolute atomic E-state index is 0.0191. The second-order valence-electron chi connectivity index (χ2n) is 2.95. The van der Waals surface area contributed by atoms with E-state index in [0.29, 0.717) is 11.3 Å². The van der Waals surface area contributed by atoms with Crippen molar-refractivity contribution in [3.8, 4) is 5.75 Å². The molecule has 0 atom stereocenters. The van der Waals surface area contributed by atoms with Gasteiger partial charge in [0.15, 0.2) is 0 Å². The molecule has 0 aromatic heterocycles. The van der Waals surface area contributed by atoms with E-state index >= 15 is 0 Å². The largest absolute Gasteiger partial charge is 0.497 e. The lowest BCUT2D eigenvalue weighted by Gasteiger charge is -2.04. The molecule has 80 valence electrons. The first-order chi connectivity index (χ1) is 7.02. The lowest BCUT2D eigenvalue weighted by Crippen LogP contribution is -2.03. The molecule has 0 amide bonds. The van der Waals surface area contributed by atoms with E-state index in [1.165, 1.54) is 25.3 Å². The van der Waals surface area contributed by atoms with Gasteiger partial charge in [-0.2, -0.15) is 0 Å². The van der Waals surface area contributed by atoms with Crippen LogP contribution in [0.2, 0.25) is 0 Å². The van der Waals surface area contributed by atoms with Crippen molar-refractivity contribution in [2.24, 2.45) is 0 Å². The Kier molecular flexibility index (Phi) is 3.28. The van der Waals surface area contributed by atoms with Crippen molar-refractivity contribution in [2.75, 3.05) is 7.11 Å². The van der Waals surface area contributed by atoms with Crippen LogP contribution in [0.4, 0.5) is 0 Å². The van der Waals surface area contributed by atoms with Crippen molar-refractivity contribution in [3.63, 3.8) is 0 Å². The van der Waals surface area contributed by atoms with Crippen LogP contribution >= 0.6 is 0 Å². The molecule has 15 heavy (non-hydrogen) atoms. The lowest BCUT2D eigenvalue weighted by atomic mass is 10.1. The second-order valence-corrected chi connectivity index (χ2v) is 2.95. The maximum atomic E-state index is 10.7. The van der Waals surface area contributed by atoms with Crippen LogP contribution in [0.1, 0.15) is 15.9 Å². The first kappa shape index (κ1) is 11.0. The van der Waals surface area contributed by atoms with E-state index in [9.17, 15) is 9.59 Å². The van der Waals surface area contributed by atoms with Gasteiger partial charge in [0.25, 0.3) is 0 Å². The predicted molar refractivity (Wildman–Crippen MR) is 51.3 cm³/mol. The molecule has 1 aromatic carbocycles. The average molecular weight is 210 g/mol. The molecule has 0 aliphatic rings. The standard InChI is InChI=1S/C10H10O5/c1-15-8-3-6(4-9(11)12)2-7(5-8)10(13)14/h2-3,5H,4H2,1H3,(H,11,12)(H,13,14). The number of carboxylic acid groups (broad SMARTS) is 2. The first-order valence-corrected chi connectivity index (χ1v) is 4.16. The first-order valence-electron chi connectivity index (χ1n) is 4.16. The van der Waals surface area contributed by atoms with Gasteiger partial charge in [0.05, 0.1) is 19.1 Å². The van der Waals surface area contributed by atoms with E-state index in [2.05, 4.69) is 0 Å². The van der Waals surface area contributed by atoms with Crippen LogP contribution in [-0.2, 0) is 11.2 Å². The summed E-state index contributed by atoms with van der Waals surface area (Å²) in [5.74, 6) is -1.79. The Morgan fingerprint density at radius 3 is 2.40 bits per heavy atom. The number of hydrogen-bond acceptors (Lipinski definition) is 3. The van der Waals surface area contributed by atoms with Gasteiger partial charge in [0.1, 0.15) is 5.75 Å². The summed E-state index contributed by atoms with van der Waals surface area (Å²) in [6, 6.07) is 4.16. The van der Waals surface area contributed by atoms with E-state index in [4.69, 9.17) is 14.9 Å². The number of rotatable bonds is 4. The number of carbonyl (C=O) groups is 2. The third kappa shape index (κ3) is 2.98. The van der Waals surface area contributed by atoms with Gasteiger partial charge in [-0.1, -0.05) is 0 Å². The monoisotopic (exact) mass is 210 g/mol. The SMILES string of the molecule is COc1cc(CC(=O)O)cc(C(=O)O)c1. The van der Waals surface area contributed by atoms with Gasteiger partial charge >= 0.3 is 11.9 Å². The summed E-state index contributed by atoms with van der Waals surface area (Å²) in [6.07, 6.45) is -0.225. The fourth-order valence-corrected chi connectivity index (χ4v) is 1.18. The normalized spacial score (nSPS) is 9.67. The zero-order valence-corrected chi connectivity index (χ0v) is 8.06. The summed E-state index contributed by atoms with van der Waals surface area (Å²) in [4.78, 5) is 21.2. The van der Waals surface area contributed by atoms with Crippen molar-refractivity contribution in [1.29, 1.82) is 0 Å². The van der Waals surface area contributed by atoms with Crippen LogP contribution in [-0.4, -0.2) is 29.3 Å². The molecule has 0 saturated heterocycles. The van der Waals surface area contributed by atoms with Gasteiger partial charge in [0.2, 0.25) is 0 Å². The Balaban J connectivity index is 3.11. The fourth-order valence-electron chi connectivity index (χ4n) is 1.18. The number of hydrogen-bond donors (Lipinski definition) is 2. The van der Waals surface area contributed by atoms with Crippen LogP contribution in [0.5, 0.6) is 5.75 Å². The number of carboxylic acids is 2. The van der Waals surface area contributed by atoms with E-state index in [1.54, 1.807) is 0 Å². The zero-order chi connectivity index (χ0) is 11.4. The highest BCUT2D eigenvalue weighted by molar-refractivity contribution is 5.88. The summed E-state index contributed by atoms with van der Waals surface area (Å²) in [5.41, 5.74) is 0.421. The second kappa shape index (κ2) is 4.45. The molecule has 0 unspecified atom stereocenters. The van der Waals surface area contributed by atoms with Crippen LogP contribution in [0, 0.1) is 0 Å². The van der Waals surface area contributed by atoms with E-state index in [0.717, 1.165) is 0 Å². The smallest absolute Gasteiger partial charge is 0.335 e. The van der Waals surface area contributed by atoms with Gasteiger partial charge in [-0.25, -0.2) is 4.79 Å². The third-order valence-electron chi connectivity index (χ3n) is 1.80. The lowest BCUT2D eigenvalue weighted by molar-refractivity contribution is -0.136. The number of aromatic carboxylic acids is 1. The molecule has 0 fully saturated rings. The minimum atomic E-state index is -1.11. The van der Waals surface area contributed by atoms with Crippen molar-refractivity contribution in [2.45, 2.75) is 6.42 Å². The summed E-state index contributed by atoms with van der Waals surface area (Å²) in [5, 5.41) is 17.3. The number of ether oxygens (including phenoxy) is 1. The molecule has 0 heterocycles.